The lowest BCUT2D eigenvalue weighted by Crippen LogP contribution is -2.24. The van der Waals surface area contributed by atoms with E-state index in [1.165, 1.54) is 12.1 Å². The van der Waals surface area contributed by atoms with Gasteiger partial charge in [0.05, 0.1) is 24.2 Å². The van der Waals surface area contributed by atoms with E-state index in [0.29, 0.717) is 31.2 Å². The summed E-state index contributed by atoms with van der Waals surface area (Å²) in [5.41, 5.74) is 6.81. The van der Waals surface area contributed by atoms with Gasteiger partial charge in [0.1, 0.15) is 5.69 Å². The number of carbonyl (C=O) groups excluding carboxylic acids is 1. The molecule has 1 amide bonds. The Hall–Kier alpha value is -3.29. The zero-order chi connectivity index (χ0) is 19.7. The molecule has 2 aromatic rings. The lowest BCUT2D eigenvalue weighted by Gasteiger charge is -2.27. The van der Waals surface area contributed by atoms with Crippen LogP contribution in [0.15, 0.2) is 36.4 Å². The summed E-state index contributed by atoms with van der Waals surface area (Å²) in [6.45, 7) is 1.92. The average Bonchev–Trinajstić information content (AvgIpc) is 3.05. The number of hydrogen-bond donors (Lipinski definition) is 1. The van der Waals surface area contributed by atoms with Gasteiger partial charge in [0.15, 0.2) is 11.5 Å². The highest BCUT2D eigenvalue weighted by molar-refractivity contribution is 5.94. The first kappa shape index (κ1) is 18.1. The Morgan fingerprint density at radius 2 is 1.89 bits per heavy atom. The van der Waals surface area contributed by atoms with Gasteiger partial charge in [-0.25, -0.2) is 0 Å². The van der Waals surface area contributed by atoms with E-state index in [1.54, 1.807) is 6.07 Å². The number of fused-ring (bicyclic) bond motifs is 1. The Morgan fingerprint density at radius 1 is 1.11 bits per heavy atom. The summed E-state index contributed by atoms with van der Waals surface area (Å²) >= 11 is 0. The van der Waals surface area contributed by atoms with Crippen molar-refractivity contribution in [3.05, 3.63) is 57.6 Å². The maximum Gasteiger partial charge on any atom is 0.293 e. The quantitative estimate of drug-likeness (QED) is 0.642. The second kappa shape index (κ2) is 7.38. The van der Waals surface area contributed by atoms with E-state index < -0.39 is 10.8 Å². The third kappa shape index (κ3) is 3.33. The van der Waals surface area contributed by atoms with Crippen LogP contribution in [0.4, 0.5) is 11.4 Å². The number of benzene rings is 2. The van der Waals surface area contributed by atoms with Crippen LogP contribution in [-0.2, 0) is 0 Å². The van der Waals surface area contributed by atoms with Crippen LogP contribution in [0, 0.1) is 10.1 Å². The van der Waals surface area contributed by atoms with Crippen LogP contribution in [0.1, 0.15) is 41.2 Å². The number of amides is 1. The number of hydrogen-bond acceptors (Lipinski definition) is 6. The van der Waals surface area contributed by atoms with E-state index in [-0.39, 0.29) is 17.3 Å². The minimum atomic E-state index is -0.685. The Balaban J connectivity index is 1.70. The Kier molecular flexibility index (Phi) is 4.77. The predicted octanol–water partition coefficient (Wildman–Crippen LogP) is 3.20. The largest absolute Gasteiger partial charge is 0.490 e. The molecule has 146 valence electrons. The number of ether oxygens (including phenoxy) is 2. The average molecular weight is 383 g/mol. The van der Waals surface area contributed by atoms with Crippen LogP contribution in [0.3, 0.4) is 0 Å². The van der Waals surface area contributed by atoms with Crippen molar-refractivity contribution in [1.29, 1.82) is 0 Å². The minimum Gasteiger partial charge on any atom is -0.490 e. The van der Waals surface area contributed by atoms with Crippen molar-refractivity contribution in [3.63, 3.8) is 0 Å². The standard InChI is InChI=1S/C20H21N3O5/c21-20(24)14-4-6-16(17(11-14)23(25)26)22-8-1-3-15(22)13-5-7-18-19(12-13)28-10-2-9-27-18/h4-7,11-12,15H,1-3,8-10H2,(H2,21,24)/t15-/m1/s1. The smallest absolute Gasteiger partial charge is 0.293 e. The molecular weight excluding hydrogens is 362 g/mol. The van der Waals surface area contributed by atoms with Crippen LogP contribution < -0.4 is 20.1 Å². The summed E-state index contributed by atoms with van der Waals surface area (Å²) in [5.74, 6) is 0.749. The Bertz CT molecular complexity index is 930. The van der Waals surface area contributed by atoms with E-state index in [1.807, 2.05) is 23.1 Å². The van der Waals surface area contributed by atoms with Crippen LogP contribution >= 0.6 is 0 Å². The van der Waals surface area contributed by atoms with Gasteiger partial charge >= 0.3 is 0 Å². The van der Waals surface area contributed by atoms with E-state index in [0.717, 1.165) is 30.6 Å². The summed E-state index contributed by atoms with van der Waals surface area (Å²) in [6, 6.07) is 10.2. The van der Waals surface area contributed by atoms with Crippen molar-refractivity contribution in [3.8, 4) is 11.5 Å². The fourth-order valence-corrected chi connectivity index (χ4v) is 3.85. The molecule has 1 atom stereocenters. The van der Waals surface area contributed by atoms with Gasteiger partial charge in [-0.3, -0.25) is 14.9 Å². The molecule has 1 fully saturated rings. The van der Waals surface area contributed by atoms with Crippen LogP contribution in [0.25, 0.3) is 0 Å². The molecule has 0 bridgehead atoms. The van der Waals surface area contributed by atoms with Gasteiger partial charge in [-0.15, -0.1) is 0 Å². The summed E-state index contributed by atoms with van der Waals surface area (Å²) < 4.78 is 11.5. The molecular formula is C20H21N3O5. The third-order valence-corrected chi connectivity index (χ3v) is 5.18. The molecule has 2 aromatic carbocycles. The lowest BCUT2D eigenvalue weighted by molar-refractivity contribution is -0.384. The number of primary amides is 1. The second-order valence-corrected chi connectivity index (χ2v) is 6.93. The molecule has 0 unspecified atom stereocenters. The molecule has 2 N–H and O–H groups in total. The topological polar surface area (TPSA) is 108 Å². The van der Waals surface area contributed by atoms with Crippen LogP contribution in [-0.4, -0.2) is 30.6 Å². The molecule has 8 nitrogen and oxygen atoms in total. The summed E-state index contributed by atoms with van der Waals surface area (Å²) in [4.78, 5) is 24.6. The molecule has 0 aromatic heterocycles. The van der Waals surface area contributed by atoms with Crippen molar-refractivity contribution in [2.75, 3.05) is 24.7 Å². The SMILES string of the molecule is NC(=O)c1ccc(N2CCC[C@@H]2c2ccc3c(c2)OCCCO3)c([N+](=O)[O-])c1. The second-order valence-electron chi connectivity index (χ2n) is 6.93. The molecule has 0 aliphatic carbocycles. The van der Waals surface area contributed by atoms with E-state index in [4.69, 9.17) is 15.2 Å². The van der Waals surface area contributed by atoms with Crippen molar-refractivity contribution in [1.82, 2.24) is 0 Å². The number of anilines is 1. The van der Waals surface area contributed by atoms with Crippen molar-refractivity contribution in [2.45, 2.75) is 25.3 Å². The maximum absolute atomic E-state index is 11.6. The minimum absolute atomic E-state index is 0.0183. The van der Waals surface area contributed by atoms with E-state index >= 15 is 0 Å². The number of nitrogens with two attached hydrogens (primary N) is 1. The van der Waals surface area contributed by atoms with Crippen molar-refractivity contribution < 1.29 is 19.2 Å². The Labute approximate surface area is 162 Å². The Morgan fingerprint density at radius 3 is 2.64 bits per heavy atom. The van der Waals surface area contributed by atoms with Crippen molar-refractivity contribution in [2.24, 2.45) is 5.73 Å². The molecule has 4 rings (SSSR count). The van der Waals surface area contributed by atoms with Gasteiger partial charge in [-0.05, 0) is 42.7 Å². The van der Waals surface area contributed by atoms with Gasteiger partial charge in [-0.1, -0.05) is 6.07 Å². The highest BCUT2D eigenvalue weighted by Crippen LogP contribution is 2.42. The third-order valence-electron chi connectivity index (χ3n) is 5.18. The van der Waals surface area contributed by atoms with Gasteiger partial charge in [0.25, 0.3) is 5.69 Å². The molecule has 2 heterocycles. The number of carbonyl (C=O) groups is 1. The molecule has 2 aliphatic rings. The zero-order valence-electron chi connectivity index (χ0n) is 15.3. The highest BCUT2D eigenvalue weighted by atomic mass is 16.6. The maximum atomic E-state index is 11.6. The molecule has 1 saturated heterocycles. The number of nitro benzene ring substituents is 1. The molecule has 28 heavy (non-hydrogen) atoms. The number of nitro groups is 1. The summed E-state index contributed by atoms with van der Waals surface area (Å²) in [7, 11) is 0. The van der Waals surface area contributed by atoms with E-state index in [2.05, 4.69) is 0 Å². The fourth-order valence-electron chi connectivity index (χ4n) is 3.85. The predicted molar refractivity (Wildman–Crippen MR) is 103 cm³/mol. The molecule has 2 aliphatic heterocycles. The normalized spacial score (nSPS) is 18.6. The molecule has 0 spiro atoms. The first-order valence-electron chi connectivity index (χ1n) is 9.29. The first-order chi connectivity index (χ1) is 13.5. The molecule has 0 saturated carbocycles. The van der Waals surface area contributed by atoms with Gasteiger partial charge in [-0.2, -0.15) is 0 Å². The monoisotopic (exact) mass is 383 g/mol. The fraction of sp³-hybridized carbons (Fsp3) is 0.350. The van der Waals surface area contributed by atoms with Gasteiger partial charge in [0.2, 0.25) is 5.91 Å². The first-order valence-corrected chi connectivity index (χ1v) is 9.29. The molecule has 8 heteroatoms. The van der Waals surface area contributed by atoms with Crippen LogP contribution in [0.5, 0.6) is 11.5 Å². The summed E-state index contributed by atoms with van der Waals surface area (Å²) in [5, 5.41) is 11.6. The number of rotatable bonds is 4. The van der Waals surface area contributed by atoms with Crippen LogP contribution in [0.2, 0.25) is 0 Å². The van der Waals surface area contributed by atoms with E-state index in [9.17, 15) is 14.9 Å². The molecule has 0 radical (unpaired) electrons. The van der Waals surface area contributed by atoms with Crippen molar-refractivity contribution >= 4 is 17.3 Å². The highest BCUT2D eigenvalue weighted by Gasteiger charge is 2.32. The van der Waals surface area contributed by atoms with Gasteiger partial charge < -0.3 is 20.1 Å². The lowest BCUT2D eigenvalue weighted by atomic mass is 10.0. The van der Waals surface area contributed by atoms with Gasteiger partial charge in [0, 0.05) is 24.6 Å². The zero-order valence-corrected chi connectivity index (χ0v) is 15.3. The summed E-state index contributed by atoms with van der Waals surface area (Å²) in [6.07, 6.45) is 2.61. The number of nitrogens with zero attached hydrogens (tertiary/aromatic N) is 2.